The largest absolute Gasteiger partial charge is 0.381 e. The van der Waals surface area contributed by atoms with Gasteiger partial charge in [-0.3, -0.25) is 0 Å². The van der Waals surface area contributed by atoms with E-state index in [-0.39, 0.29) is 12.4 Å². The van der Waals surface area contributed by atoms with E-state index in [1.165, 1.54) is 45.2 Å². The highest BCUT2D eigenvalue weighted by molar-refractivity contribution is 5.85. The first-order valence-electron chi connectivity index (χ1n) is 5.73. The average molecular weight is 220 g/mol. The molecule has 2 heterocycles. The normalized spacial score (nSPS) is 29.6. The topological polar surface area (TPSA) is 21.3 Å². The summed E-state index contributed by atoms with van der Waals surface area (Å²) in [5.41, 5.74) is 0. The summed E-state index contributed by atoms with van der Waals surface area (Å²) in [7, 11) is 0. The summed E-state index contributed by atoms with van der Waals surface area (Å²) in [5, 5.41) is 3.42. The van der Waals surface area contributed by atoms with Gasteiger partial charge in [-0.25, -0.2) is 0 Å². The van der Waals surface area contributed by atoms with Crippen LogP contribution in [0.5, 0.6) is 0 Å². The van der Waals surface area contributed by atoms with E-state index in [2.05, 4.69) is 5.32 Å². The second-order valence-electron chi connectivity index (χ2n) is 4.51. The molecule has 0 bridgehead atoms. The van der Waals surface area contributed by atoms with Crippen molar-refractivity contribution < 1.29 is 4.74 Å². The Morgan fingerprint density at radius 2 is 1.86 bits per heavy atom. The van der Waals surface area contributed by atoms with Crippen molar-refractivity contribution >= 4 is 12.4 Å². The van der Waals surface area contributed by atoms with Crippen LogP contribution < -0.4 is 5.32 Å². The highest BCUT2D eigenvalue weighted by Crippen LogP contribution is 2.26. The molecular formula is C11H22ClNO. The second kappa shape index (κ2) is 6.65. The van der Waals surface area contributed by atoms with Gasteiger partial charge in [0.25, 0.3) is 0 Å². The van der Waals surface area contributed by atoms with E-state index in [4.69, 9.17) is 4.74 Å². The summed E-state index contributed by atoms with van der Waals surface area (Å²) in [6.07, 6.45) is 6.88. The Kier molecular flexibility index (Phi) is 5.83. The third-order valence-electron chi connectivity index (χ3n) is 3.38. The van der Waals surface area contributed by atoms with Crippen LogP contribution in [-0.2, 0) is 4.74 Å². The van der Waals surface area contributed by atoms with Crippen LogP contribution in [0, 0.1) is 11.8 Å². The molecule has 0 aromatic rings. The zero-order valence-corrected chi connectivity index (χ0v) is 9.65. The van der Waals surface area contributed by atoms with Gasteiger partial charge in [-0.1, -0.05) is 0 Å². The molecule has 0 aliphatic carbocycles. The molecule has 2 fully saturated rings. The first kappa shape index (κ1) is 12.3. The monoisotopic (exact) mass is 219 g/mol. The first-order valence-corrected chi connectivity index (χ1v) is 5.73. The summed E-state index contributed by atoms with van der Waals surface area (Å²) in [6.45, 7) is 4.50. The Hall–Kier alpha value is 0.210. The maximum atomic E-state index is 5.51. The maximum absolute atomic E-state index is 5.51. The van der Waals surface area contributed by atoms with Crippen LogP contribution in [0.1, 0.15) is 32.1 Å². The van der Waals surface area contributed by atoms with Crippen molar-refractivity contribution in [2.45, 2.75) is 32.1 Å². The summed E-state index contributed by atoms with van der Waals surface area (Å²) < 4.78 is 5.51. The number of piperidine rings is 1. The highest BCUT2D eigenvalue weighted by atomic mass is 35.5. The fraction of sp³-hybridized carbons (Fsp3) is 1.00. The van der Waals surface area contributed by atoms with Gasteiger partial charge < -0.3 is 10.1 Å². The van der Waals surface area contributed by atoms with Crippen LogP contribution >= 0.6 is 12.4 Å². The lowest BCUT2D eigenvalue weighted by Crippen LogP contribution is -2.30. The van der Waals surface area contributed by atoms with Gasteiger partial charge in [0.05, 0.1) is 0 Å². The Morgan fingerprint density at radius 3 is 2.50 bits per heavy atom. The predicted molar refractivity (Wildman–Crippen MR) is 61.0 cm³/mol. The Morgan fingerprint density at radius 1 is 1.07 bits per heavy atom. The van der Waals surface area contributed by atoms with Crippen molar-refractivity contribution in [2.24, 2.45) is 11.8 Å². The molecule has 2 rings (SSSR count). The molecule has 0 aromatic heterocycles. The maximum Gasteiger partial charge on any atom is 0.0494 e. The van der Waals surface area contributed by atoms with E-state index in [0.29, 0.717) is 0 Å². The van der Waals surface area contributed by atoms with Crippen LogP contribution in [0.2, 0.25) is 0 Å². The van der Waals surface area contributed by atoms with E-state index in [9.17, 15) is 0 Å². The van der Waals surface area contributed by atoms with Crippen molar-refractivity contribution in [1.82, 2.24) is 5.32 Å². The van der Waals surface area contributed by atoms with Crippen LogP contribution in [-0.4, -0.2) is 26.3 Å². The standard InChI is InChI=1S/C11H21NO.ClH/c1-2-11(9-13-7-1)8-10-3-5-12-6-4-10;/h10-12H,1-9H2;1H. The van der Waals surface area contributed by atoms with Crippen LogP contribution in [0.3, 0.4) is 0 Å². The number of halogens is 1. The third-order valence-corrected chi connectivity index (χ3v) is 3.38. The average Bonchev–Trinajstić information content (AvgIpc) is 2.21. The first-order chi connectivity index (χ1) is 6.45. The van der Waals surface area contributed by atoms with Crippen molar-refractivity contribution in [3.05, 3.63) is 0 Å². The zero-order valence-electron chi connectivity index (χ0n) is 8.84. The SMILES string of the molecule is C1COCC(CC2CCNCC2)C1.Cl. The molecular weight excluding hydrogens is 198 g/mol. The molecule has 1 N–H and O–H groups in total. The van der Waals surface area contributed by atoms with Crippen LogP contribution in [0.4, 0.5) is 0 Å². The molecule has 0 aromatic carbocycles. The molecule has 0 saturated carbocycles. The molecule has 0 radical (unpaired) electrons. The van der Waals surface area contributed by atoms with Gasteiger partial charge in [0.1, 0.15) is 0 Å². The smallest absolute Gasteiger partial charge is 0.0494 e. The van der Waals surface area contributed by atoms with Gasteiger partial charge in [-0.2, -0.15) is 0 Å². The molecule has 2 aliphatic rings. The summed E-state index contributed by atoms with van der Waals surface area (Å²) in [6, 6.07) is 0. The number of hydrogen-bond acceptors (Lipinski definition) is 2. The lowest BCUT2D eigenvalue weighted by atomic mass is 9.85. The minimum atomic E-state index is 0. The van der Waals surface area contributed by atoms with E-state index in [1.807, 2.05) is 0 Å². The number of rotatable bonds is 2. The molecule has 0 spiro atoms. The molecule has 2 saturated heterocycles. The molecule has 0 amide bonds. The fourth-order valence-electron chi connectivity index (χ4n) is 2.58. The summed E-state index contributed by atoms with van der Waals surface area (Å²) in [5.74, 6) is 1.85. The number of hydrogen-bond donors (Lipinski definition) is 1. The second-order valence-corrected chi connectivity index (χ2v) is 4.51. The number of nitrogens with one attached hydrogen (secondary N) is 1. The molecule has 2 aliphatic heterocycles. The van der Waals surface area contributed by atoms with Crippen molar-refractivity contribution in [1.29, 1.82) is 0 Å². The van der Waals surface area contributed by atoms with Crippen molar-refractivity contribution in [2.75, 3.05) is 26.3 Å². The number of ether oxygens (including phenoxy) is 1. The molecule has 1 unspecified atom stereocenters. The lowest BCUT2D eigenvalue weighted by molar-refractivity contribution is 0.0430. The van der Waals surface area contributed by atoms with Gasteiger partial charge in [0, 0.05) is 13.2 Å². The lowest BCUT2D eigenvalue weighted by Gasteiger charge is -2.29. The van der Waals surface area contributed by atoms with Gasteiger partial charge in [0.2, 0.25) is 0 Å². The summed E-state index contributed by atoms with van der Waals surface area (Å²) in [4.78, 5) is 0. The van der Waals surface area contributed by atoms with Gasteiger partial charge in [-0.05, 0) is 57.0 Å². The van der Waals surface area contributed by atoms with Gasteiger partial charge in [0.15, 0.2) is 0 Å². The van der Waals surface area contributed by atoms with Crippen LogP contribution in [0.25, 0.3) is 0 Å². The van der Waals surface area contributed by atoms with Crippen molar-refractivity contribution in [3.8, 4) is 0 Å². The minimum absolute atomic E-state index is 0. The van der Waals surface area contributed by atoms with E-state index in [1.54, 1.807) is 0 Å². The highest BCUT2D eigenvalue weighted by Gasteiger charge is 2.20. The van der Waals surface area contributed by atoms with E-state index < -0.39 is 0 Å². The molecule has 84 valence electrons. The van der Waals surface area contributed by atoms with E-state index >= 15 is 0 Å². The summed E-state index contributed by atoms with van der Waals surface area (Å²) >= 11 is 0. The van der Waals surface area contributed by atoms with Crippen LogP contribution in [0.15, 0.2) is 0 Å². The third kappa shape index (κ3) is 3.76. The van der Waals surface area contributed by atoms with Gasteiger partial charge in [-0.15, -0.1) is 12.4 Å². The van der Waals surface area contributed by atoms with E-state index in [0.717, 1.165) is 25.0 Å². The molecule has 3 heteroatoms. The fourth-order valence-corrected chi connectivity index (χ4v) is 2.58. The Bertz CT molecular complexity index is 126. The molecule has 2 nitrogen and oxygen atoms in total. The Labute approximate surface area is 93.2 Å². The molecule has 14 heavy (non-hydrogen) atoms. The molecule has 1 atom stereocenters. The quantitative estimate of drug-likeness (QED) is 0.769. The Balaban J connectivity index is 0.000000980. The zero-order chi connectivity index (χ0) is 8.93. The minimum Gasteiger partial charge on any atom is -0.381 e. The van der Waals surface area contributed by atoms with Crippen molar-refractivity contribution in [3.63, 3.8) is 0 Å². The predicted octanol–water partition coefficient (Wildman–Crippen LogP) is 2.22. The van der Waals surface area contributed by atoms with Gasteiger partial charge >= 0.3 is 0 Å².